The fraction of sp³-hybridized carbons (Fsp3) is 0.786. The number of aliphatic hydroxyl groups excluding tert-OH is 1. The highest BCUT2D eigenvalue weighted by Gasteiger charge is 2.51. The van der Waals surface area contributed by atoms with Gasteiger partial charge in [0.2, 0.25) is 0 Å². The first-order chi connectivity index (χ1) is 10.3. The molecule has 0 aliphatic carbocycles. The van der Waals surface area contributed by atoms with E-state index in [4.69, 9.17) is 14.2 Å². The summed E-state index contributed by atoms with van der Waals surface area (Å²) >= 11 is 0. The average Bonchev–Trinajstić information content (AvgIpc) is 3.16. The highest BCUT2D eigenvalue weighted by molar-refractivity contribution is 5.02. The van der Waals surface area contributed by atoms with E-state index in [1.54, 1.807) is 12.5 Å². The standard InChI is InChI=1S/C14H21N3O4/c18-13-11(16-9-1-5-19-6-2-9)10-7-20-14(21-10)12(13)17-4-3-15-8-17/h3-4,8-14,16,18H,1-2,5-7H2. The highest BCUT2D eigenvalue weighted by atomic mass is 16.7. The Morgan fingerprint density at radius 1 is 1.29 bits per heavy atom. The number of nitrogens with one attached hydrogen (secondary N) is 1. The minimum Gasteiger partial charge on any atom is -0.389 e. The van der Waals surface area contributed by atoms with Gasteiger partial charge in [-0.3, -0.25) is 0 Å². The Kier molecular flexibility index (Phi) is 3.68. The molecule has 3 aliphatic heterocycles. The smallest absolute Gasteiger partial charge is 0.181 e. The lowest BCUT2D eigenvalue weighted by atomic mass is 9.94. The van der Waals surface area contributed by atoms with Crippen LogP contribution in [0.15, 0.2) is 18.7 Å². The summed E-state index contributed by atoms with van der Waals surface area (Å²) in [7, 11) is 0. The molecule has 7 nitrogen and oxygen atoms in total. The minimum absolute atomic E-state index is 0.0902. The zero-order chi connectivity index (χ0) is 14.2. The van der Waals surface area contributed by atoms with E-state index in [2.05, 4.69) is 10.3 Å². The third-order valence-electron chi connectivity index (χ3n) is 4.65. The molecule has 3 aliphatic rings. The fourth-order valence-corrected chi connectivity index (χ4v) is 3.51. The van der Waals surface area contributed by atoms with E-state index in [9.17, 15) is 5.11 Å². The zero-order valence-corrected chi connectivity index (χ0v) is 11.8. The molecule has 3 fully saturated rings. The third-order valence-corrected chi connectivity index (χ3v) is 4.65. The maximum Gasteiger partial charge on any atom is 0.181 e. The molecule has 2 bridgehead atoms. The summed E-state index contributed by atoms with van der Waals surface area (Å²) in [4.78, 5) is 4.06. The van der Waals surface area contributed by atoms with Crippen LogP contribution in [0.2, 0.25) is 0 Å². The molecule has 7 heteroatoms. The number of rotatable bonds is 3. The Labute approximate surface area is 123 Å². The molecule has 3 saturated heterocycles. The molecule has 0 saturated carbocycles. The first kappa shape index (κ1) is 13.7. The summed E-state index contributed by atoms with van der Waals surface area (Å²) < 4.78 is 18.9. The molecule has 5 unspecified atom stereocenters. The number of aliphatic hydroxyl groups is 1. The van der Waals surface area contributed by atoms with Crippen molar-refractivity contribution < 1.29 is 19.3 Å². The Hall–Kier alpha value is -0.990. The number of hydrogen-bond donors (Lipinski definition) is 2. The van der Waals surface area contributed by atoms with Gasteiger partial charge in [0.1, 0.15) is 12.1 Å². The van der Waals surface area contributed by atoms with Crippen molar-refractivity contribution >= 4 is 0 Å². The van der Waals surface area contributed by atoms with Gasteiger partial charge >= 0.3 is 0 Å². The van der Waals surface area contributed by atoms with E-state index >= 15 is 0 Å². The molecule has 116 valence electrons. The normalized spacial score (nSPS) is 40.5. The number of hydrogen-bond acceptors (Lipinski definition) is 6. The molecule has 4 rings (SSSR count). The second-order valence-corrected chi connectivity index (χ2v) is 5.95. The van der Waals surface area contributed by atoms with Gasteiger partial charge < -0.3 is 29.2 Å². The van der Waals surface area contributed by atoms with E-state index in [0.29, 0.717) is 12.6 Å². The van der Waals surface area contributed by atoms with Crippen molar-refractivity contribution in [2.75, 3.05) is 19.8 Å². The van der Waals surface area contributed by atoms with Crippen LogP contribution in [0.5, 0.6) is 0 Å². The quantitative estimate of drug-likeness (QED) is 0.796. The zero-order valence-electron chi connectivity index (χ0n) is 11.8. The van der Waals surface area contributed by atoms with Crippen LogP contribution in [0.3, 0.4) is 0 Å². The van der Waals surface area contributed by atoms with E-state index in [1.807, 2.05) is 10.8 Å². The van der Waals surface area contributed by atoms with Gasteiger partial charge in [-0.2, -0.15) is 0 Å². The fourth-order valence-electron chi connectivity index (χ4n) is 3.51. The summed E-state index contributed by atoms with van der Waals surface area (Å²) in [5.41, 5.74) is 0. The maximum absolute atomic E-state index is 10.8. The van der Waals surface area contributed by atoms with Gasteiger partial charge in [0, 0.05) is 31.6 Å². The van der Waals surface area contributed by atoms with Gasteiger partial charge in [-0.05, 0) is 12.8 Å². The molecule has 5 atom stereocenters. The van der Waals surface area contributed by atoms with Crippen molar-refractivity contribution in [2.45, 2.75) is 49.5 Å². The van der Waals surface area contributed by atoms with Crippen molar-refractivity contribution in [1.29, 1.82) is 0 Å². The molecular weight excluding hydrogens is 274 g/mol. The predicted octanol–water partition coefficient (Wildman–Crippen LogP) is -0.323. The first-order valence-corrected chi connectivity index (χ1v) is 7.59. The number of aromatic nitrogens is 2. The molecule has 1 aromatic rings. The van der Waals surface area contributed by atoms with Crippen LogP contribution in [-0.4, -0.2) is 65.1 Å². The van der Waals surface area contributed by atoms with Crippen molar-refractivity contribution in [2.24, 2.45) is 0 Å². The van der Waals surface area contributed by atoms with Gasteiger partial charge in [-0.25, -0.2) is 4.98 Å². The summed E-state index contributed by atoms with van der Waals surface area (Å²) in [6.07, 6.45) is 6.13. The summed E-state index contributed by atoms with van der Waals surface area (Å²) in [5.74, 6) is 0. The molecular formula is C14H21N3O4. The Bertz CT molecular complexity index is 463. The number of imidazole rings is 1. The van der Waals surface area contributed by atoms with Gasteiger partial charge in [0.05, 0.1) is 25.1 Å². The molecule has 0 amide bonds. The Morgan fingerprint density at radius 2 is 2.14 bits per heavy atom. The second-order valence-electron chi connectivity index (χ2n) is 5.95. The van der Waals surface area contributed by atoms with Crippen molar-refractivity contribution in [3.63, 3.8) is 0 Å². The average molecular weight is 295 g/mol. The molecule has 1 aromatic heterocycles. The lowest BCUT2D eigenvalue weighted by Gasteiger charge is -2.41. The van der Waals surface area contributed by atoms with E-state index in [0.717, 1.165) is 26.1 Å². The summed E-state index contributed by atoms with van der Waals surface area (Å²) in [6.45, 7) is 2.07. The van der Waals surface area contributed by atoms with Crippen LogP contribution >= 0.6 is 0 Å². The first-order valence-electron chi connectivity index (χ1n) is 7.59. The minimum atomic E-state index is -0.562. The van der Waals surface area contributed by atoms with Crippen LogP contribution in [0.25, 0.3) is 0 Å². The summed E-state index contributed by atoms with van der Waals surface area (Å²) in [5, 5.41) is 14.4. The van der Waals surface area contributed by atoms with E-state index < -0.39 is 12.4 Å². The van der Waals surface area contributed by atoms with Crippen LogP contribution in [0, 0.1) is 0 Å². The molecule has 0 radical (unpaired) electrons. The van der Waals surface area contributed by atoms with Crippen LogP contribution in [-0.2, 0) is 14.2 Å². The van der Waals surface area contributed by atoms with Gasteiger partial charge in [-0.15, -0.1) is 0 Å². The second kappa shape index (κ2) is 5.66. The van der Waals surface area contributed by atoms with Crippen LogP contribution in [0.1, 0.15) is 18.9 Å². The largest absolute Gasteiger partial charge is 0.389 e. The third kappa shape index (κ3) is 2.49. The maximum atomic E-state index is 10.8. The Morgan fingerprint density at radius 3 is 2.90 bits per heavy atom. The topological polar surface area (TPSA) is 77.8 Å². The molecule has 2 N–H and O–H groups in total. The SMILES string of the molecule is OC1C(NC2CCOCC2)C2COC(O2)C1n1ccnc1. The van der Waals surface area contributed by atoms with Gasteiger partial charge in [-0.1, -0.05) is 0 Å². The highest BCUT2D eigenvalue weighted by Crippen LogP contribution is 2.36. The van der Waals surface area contributed by atoms with Gasteiger partial charge in [0.15, 0.2) is 6.29 Å². The van der Waals surface area contributed by atoms with Gasteiger partial charge in [0.25, 0.3) is 0 Å². The summed E-state index contributed by atoms with van der Waals surface area (Å²) in [6, 6.07) is -0.0228. The lowest BCUT2D eigenvalue weighted by Crippen LogP contribution is -2.60. The van der Waals surface area contributed by atoms with Crippen molar-refractivity contribution in [3.8, 4) is 0 Å². The van der Waals surface area contributed by atoms with E-state index in [-0.39, 0.29) is 18.2 Å². The van der Waals surface area contributed by atoms with Crippen molar-refractivity contribution in [1.82, 2.24) is 14.9 Å². The monoisotopic (exact) mass is 295 g/mol. The molecule has 0 aromatic carbocycles. The molecule has 0 spiro atoms. The van der Waals surface area contributed by atoms with Crippen LogP contribution < -0.4 is 5.32 Å². The molecule has 4 heterocycles. The number of nitrogens with zero attached hydrogens (tertiary/aromatic N) is 2. The predicted molar refractivity (Wildman–Crippen MR) is 72.6 cm³/mol. The van der Waals surface area contributed by atoms with Crippen LogP contribution in [0.4, 0.5) is 0 Å². The van der Waals surface area contributed by atoms with Crippen molar-refractivity contribution in [3.05, 3.63) is 18.7 Å². The Balaban J connectivity index is 1.52. The lowest BCUT2D eigenvalue weighted by molar-refractivity contribution is -0.167. The number of fused-ring (bicyclic) bond motifs is 2. The molecule has 21 heavy (non-hydrogen) atoms. The number of ether oxygens (including phenoxy) is 3. The van der Waals surface area contributed by atoms with E-state index in [1.165, 1.54) is 0 Å².